The fourth-order valence-corrected chi connectivity index (χ4v) is 14.1. The number of anilines is 5. The Morgan fingerprint density at radius 3 is 2.29 bits per heavy atom. The Kier molecular flexibility index (Phi) is 14.3. The Bertz CT molecular complexity index is 3290. The predicted molar refractivity (Wildman–Crippen MR) is 291 cm³/mol. The number of methoxy groups -OCH3 is 1. The van der Waals surface area contributed by atoms with E-state index in [2.05, 4.69) is 49.4 Å². The van der Waals surface area contributed by atoms with Crippen LogP contribution in [0.5, 0.6) is 5.88 Å². The van der Waals surface area contributed by atoms with Crippen molar-refractivity contribution in [2.75, 3.05) is 66.6 Å². The molecule has 1 aromatic carbocycles. The highest BCUT2D eigenvalue weighted by Crippen LogP contribution is 2.44. The number of nitrogens with one attached hydrogen (secondary N) is 1. The van der Waals surface area contributed by atoms with Crippen molar-refractivity contribution in [3.05, 3.63) is 98.6 Å². The van der Waals surface area contributed by atoms with Gasteiger partial charge in [-0.25, -0.2) is 19.5 Å². The van der Waals surface area contributed by atoms with E-state index in [9.17, 15) is 33.6 Å². The molecule has 410 valence electrons. The number of likely N-dealkylation sites (tertiary alicyclic amines) is 1. The summed E-state index contributed by atoms with van der Waals surface area (Å²) in [5.41, 5.74) is 5.76. The smallest absolute Gasteiger partial charge is 0.471 e. The number of carbonyl (C=O) groups is 5. The number of piperazine rings is 1. The Hall–Kier alpha value is -6.65. The first-order valence-corrected chi connectivity index (χ1v) is 28.9. The SMILES string of the molecule is COc1ncc(-c2ccnc(N3CCc4c(sc5c4CCCC5)C3=O)c2C(C)(C)O)cc1Nc1ccc(N2CCN(C3CCN(c4ccc5c(c4)C(=O)N(C4CCC(=O)N(COP(=O)(O)O)C4=O)C5=O)[C@@H](C)C3)C[C@@H]2C)cn1. The van der Waals surface area contributed by atoms with Crippen LogP contribution in [0, 0.1) is 0 Å². The molecule has 0 radical (unpaired) electrons. The number of aliphatic hydroxyl groups is 1. The number of nitrogens with zero attached hydrogens (tertiary/aromatic N) is 9. The maximum absolute atomic E-state index is 14.2. The van der Waals surface area contributed by atoms with Crippen LogP contribution in [0.4, 0.5) is 28.7 Å². The summed E-state index contributed by atoms with van der Waals surface area (Å²) in [5.74, 6) is -1.69. The summed E-state index contributed by atoms with van der Waals surface area (Å²) in [6, 6.07) is 12.1. The molecule has 5 amide bonds. The molecule has 1 aliphatic carbocycles. The van der Waals surface area contributed by atoms with Crippen LogP contribution in [0.2, 0.25) is 0 Å². The van der Waals surface area contributed by atoms with Crippen LogP contribution in [0.1, 0.15) is 118 Å². The molecule has 3 saturated heterocycles. The lowest BCUT2D eigenvalue weighted by Crippen LogP contribution is -2.58. The fourth-order valence-electron chi connectivity index (χ4n) is 12.4. The standard InChI is InChI=1S/C55H63N10O11PS/c1-31-24-34(17-20-61(31)35-10-12-40-41(26-35)52(68)65(51(40)67)43-13-15-46(66)64(53(43)69)30-76-77(72,73)74)60-22-23-62(32(2)29-60)36-11-14-45(57-28-36)59-42-25-33(27-58-50(42)75-5)37-16-19-56-49(47(37)55(3,4)71)63-21-18-39-38-8-6-7-9-44(38)78-48(39)54(63)70/h10-12,14,16,19,25-28,31-32,34,43,71H,6-9,13,15,17-18,20-24,29-30H2,1-5H3,(H,57,59)(H2,72,73,74)/t31-,32-,34?,43?/m0/s1. The van der Waals surface area contributed by atoms with Gasteiger partial charge in [0.05, 0.1) is 40.6 Å². The van der Waals surface area contributed by atoms with E-state index >= 15 is 0 Å². The van der Waals surface area contributed by atoms with Crippen molar-refractivity contribution in [3.8, 4) is 17.0 Å². The largest absolute Gasteiger partial charge is 0.480 e. The van der Waals surface area contributed by atoms with E-state index in [0.717, 1.165) is 85.7 Å². The quantitative estimate of drug-likeness (QED) is 0.0734. The van der Waals surface area contributed by atoms with Gasteiger partial charge in [-0.3, -0.25) is 48.1 Å². The van der Waals surface area contributed by atoms with Crippen molar-refractivity contribution in [1.29, 1.82) is 0 Å². The summed E-state index contributed by atoms with van der Waals surface area (Å²) in [7, 11) is -3.45. The Morgan fingerprint density at radius 1 is 0.795 bits per heavy atom. The molecular weight excluding hydrogens is 1040 g/mol. The van der Waals surface area contributed by atoms with E-state index in [1.165, 1.54) is 16.0 Å². The highest BCUT2D eigenvalue weighted by molar-refractivity contribution is 7.46. The third-order valence-electron chi connectivity index (χ3n) is 16.2. The minimum atomic E-state index is -5.01. The van der Waals surface area contributed by atoms with Gasteiger partial charge in [0, 0.05) is 91.4 Å². The third kappa shape index (κ3) is 9.96. The lowest BCUT2D eigenvalue weighted by atomic mass is 9.89. The number of thiophene rings is 1. The van der Waals surface area contributed by atoms with Crippen molar-refractivity contribution < 1.29 is 52.7 Å². The summed E-state index contributed by atoms with van der Waals surface area (Å²) in [4.78, 5) is 112. The minimum Gasteiger partial charge on any atom is -0.480 e. The van der Waals surface area contributed by atoms with Crippen LogP contribution in [-0.2, 0) is 43.5 Å². The van der Waals surface area contributed by atoms with E-state index in [0.29, 0.717) is 63.9 Å². The van der Waals surface area contributed by atoms with E-state index in [1.807, 2.05) is 30.5 Å². The number of amides is 5. The molecular formula is C55H63N10O11PS. The first kappa shape index (κ1) is 53.4. The molecule has 4 aromatic heterocycles. The zero-order valence-electron chi connectivity index (χ0n) is 44.2. The predicted octanol–water partition coefficient (Wildman–Crippen LogP) is 6.41. The van der Waals surface area contributed by atoms with Crippen LogP contribution < -0.4 is 24.8 Å². The van der Waals surface area contributed by atoms with E-state index < -0.39 is 49.8 Å². The molecule has 5 aromatic rings. The molecule has 3 fully saturated rings. The van der Waals surface area contributed by atoms with Crippen LogP contribution in [-0.4, -0.2) is 145 Å². The molecule has 9 heterocycles. The van der Waals surface area contributed by atoms with Crippen LogP contribution in [0.25, 0.3) is 11.1 Å². The molecule has 0 saturated carbocycles. The zero-order valence-corrected chi connectivity index (χ0v) is 45.9. The number of ether oxygens (including phenoxy) is 1. The molecule has 4 atom stereocenters. The summed E-state index contributed by atoms with van der Waals surface area (Å²) < 4.78 is 21.4. The van der Waals surface area contributed by atoms with Crippen LogP contribution >= 0.6 is 19.2 Å². The second kappa shape index (κ2) is 20.9. The normalized spacial score (nSPS) is 22.3. The third-order valence-corrected chi connectivity index (χ3v) is 18.0. The van der Waals surface area contributed by atoms with Gasteiger partial charge in [-0.15, -0.1) is 11.3 Å². The van der Waals surface area contributed by atoms with E-state index in [1.54, 1.807) is 61.7 Å². The first-order chi connectivity index (χ1) is 37.3. The molecule has 78 heavy (non-hydrogen) atoms. The average molecular weight is 1100 g/mol. The number of imide groups is 2. The second-order valence-electron chi connectivity index (χ2n) is 21.6. The van der Waals surface area contributed by atoms with Gasteiger partial charge in [-0.2, -0.15) is 0 Å². The maximum atomic E-state index is 14.2. The molecule has 2 unspecified atom stereocenters. The van der Waals surface area contributed by atoms with E-state index in [4.69, 9.17) is 24.5 Å². The molecule has 23 heteroatoms. The number of pyridine rings is 3. The first-order valence-electron chi connectivity index (χ1n) is 26.6. The number of hydrogen-bond acceptors (Lipinski definition) is 17. The van der Waals surface area contributed by atoms with Crippen molar-refractivity contribution in [2.45, 2.75) is 115 Å². The van der Waals surface area contributed by atoms with Gasteiger partial charge in [-0.05, 0) is 138 Å². The zero-order chi connectivity index (χ0) is 54.9. The molecule has 6 aliphatic rings. The minimum absolute atomic E-state index is 0.0710. The number of phosphoric acid groups is 1. The number of benzene rings is 1. The van der Waals surface area contributed by atoms with Gasteiger partial charge in [0.25, 0.3) is 23.6 Å². The van der Waals surface area contributed by atoms with Gasteiger partial charge in [0.2, 0.25) is 11.8 Å². The Balaban J connectivity index is 0.724. The van der Waals surface area contributed by atoms with Gasteiger partial charge < -0.3 is 34.7 Å². The van der Waals surface area contributed by atoms with Gasteiger partial charge in [0.15, 0.2) is 0 Å². The topological polar surface area (TPSA) is 252 Å². The molecule has 11 rings (SSSR count). The number of carbonyl (C=O) groups excluding carboxylic acids is 5. The molecule has 5 aliphatic heterocycles. The van der Waals surface area contributed by atoms with Crippen molar-refractivity contribution in [1.82, 2.24) is 29.7 Å². The Labute approximate surface area is 455 Å². The summed E-state index contributed by atoms with van der Waals surface area (Å²) in [5, 5.41) is 15.2. The monoisotopic (exact) mass is 1100 g/mol. The number of aryl methyl sites for hydroxylation is 1. The lowest BCUT2D eigenvalue weighted by Gasteiger charge is -2.48. The van der Waals surface area contributed by atoms with Crippen molar-refractivity contribution >= 4 is 77.4 Å². The lowest BCUT2D eigenvalue weighted by molar-refractivity contribution is -0.155. The summed E-state index contributed by atoms with van der Waals surface area (Å²) >= 11 is 1.62. The van der Waals surface area contributed by atoms with Gasteiger partial charge in [-0.1, -0.05) is 0 Å². The number of aromatic nitrogens is 3. The van der Waals surface area contributed by atoms with Crippen LogP contribution in [0.15, 0.2) is 61.1 Å². The van der Waals surface area contributed by atoms with E-state index in [-0.39, 0.29) is 42.0 Å². The van der Waals surface area contributed by atoms with Gasteiger partial charge in [0.1, 0.15) is 30.1 Å². The van der Waals surface area contributed by atoms with Gasteiger partial charge >= 0.3 is 7.82 Å². The number of phosphoric ester groups is 1. The molecule has 0 spiro atoms. The average Bonchev–Trinajstić information content (AvgIpc) is 4.12. The molecule has 0 bridgehead atoms. The second-order valence-corrected chi connectivity index (χ2v) is 23.9. The summed E-state index contributed by atoms with van der Waals surface area (Å²) in [6.07, 6.45) is 11.8. The number of hydrogen-bond donors (Lipinski definition) is 4. The highest BCUT2D eigenvalue weighted by Gasteiger charge is 2.48. The highest BCUT2D eigenvalue weighted by atomic mass is 32.1. The van der Waals surface area contributed by atoms with Crippen molar-refractivity contribution in [3.63, 3.8) is 0 Å². The molecule has 4 N–H and O–H groups in total. The number of piperidine rings is 2. The van der Waals surface area contributed by atoms with Crippen molar-refractivity contribution in [2.24, 2.45) is 0 Å². The number of rotatable bonds is 13. The van der Waals surface area contributed by atoms with Crippen LogP contribution in [0.3, 0.4) is 0 Å². The fraction of sp³-hybridized carbons (Fsp3) is 0.455. The molecule has 21 nitrogen and oxygen atoms in total. The maximum Gasteiger partial charge on any atom is 0.471 e. The summed E-state index contributed by atoms with van der Waals surface area (Å²) in [6.45, 7) is 10.5. The number of fused-ring (bicyclic) bond motifs is 4. The Morgan fingerprint density at radius 2 is 1.56 bits per heavy atom.